The summed E-state index contributed by atoms with van der Waals surface area (Å²) in [5.74, 6) is -0.143. The van der Waals surface area contributed by atoms with Gasteiger partial charge in [0.2, 0.25) is 0 Å². The molecule has 9 nitrogen and oxygen atoms in total. The lowest BCUT2D eigenvalue weighted by molar-refractivity contribution is -0.0237. The van der Waals surface area contributed by atoms with Gasteiger partial charge in [0.25, 0.3) is 5.91 Å². The highest BCUT2D eigenvalue weighted by Crippen LogP contribution is 2.31. The van der Waals surface area contributed by atoms with E-state index in [9.17, 15) is 9.90 Å². The molecule has 1 aliphatic rings. The van der Waals surface area contributed by atoms with Crippen molar-refractivity contribution in [1.29, 1.82) is 0 Å². The summed E-state index contributed by atoms with van der Waals surface area (Å²) >= 11 is 0. The second-order valence-electron chi connectivity index (χ2n) is 9.60. The summed E-state index contributed by atoms with van der Waals surface area (Å²) in [5, 5.41) is 32.4. The highest BCUT2D eigenvalue weighted by atomic mass is 16.3. The van der Waals surface area contributed by atoms with Gasteiger partial charge in [-0.2, -0.15) is 15.3 Å². The number of fused-ring (bicyclic) bond motifs is 2. The van der Waals surface area contributed by atoms with Gasteiger partial charge in [-0.25, -0.2) is 0 Å². The van der Waals surface area contributed by atoms with Crippen LogP contribution in [-0.4, -0.2) is 52.4 Å². The molecular formula is C26H27N7O2. The molecule has 1 amide bonds. The number of carbonyl (C=O) groups excluding carboxylic acids is 1. The van der Waals surface area contributed by atoms with Crippen LogP contribution in [0.1, 0.15) is 36.0 Å². The molecule has 3 heterocycles. The van der Waals surface area contributed by atoms with Crippen LogP contribution in [0.2, 0.25) is 0 Å². The lowest BCUT2D eigenvalue weighted by Gasteiger charge is -2.37. The number of benzene rings is 2. The van der Waals surface area contributed by atoms with Crippen molar-refractivity contribution >= 4 is 27.7 Å². The molecule has 0 aliphatic heterocycles. The van der Waals surface area contributed by atoms with Crippen molar-refractivity contribution in [2.45, 2.75) is 43.9 Å². The molecule has 5 aromatic rings. The number of nitrogens with zero attached hydrogens (tertiary/aromatic N) is 5. The predicted octanol–water partition coefficient (Wildman–Crippen LogP) is 3.42. The molecule has 3 N–H and O–H groups in total. The van der Waals surface area contributed by atoms with Crippen molar-refractivity contribution in [2.75, 3.05) is 0 Å². The molecule has 0 spiro atoms. The molecule has 1 saturated carbocycles. The maximum Gasteiger partial charge on any atom is 0.251 e. The number of hydrogen-bond acceptors (Lipinski definition) is 5. The molecule has 6 rings (SSSR count). The van der Waals surface area contributed by atoms with Gasteiger partial charge >= 0.3 is 0 Å². The number of rotatable bonds is 5. The minimum absolute atomic E-state index is 0.0932. The normalized spacial score (nSPS) is 20.5. The molecule has 2 aromatic carbocycles. The average Bonchev–Trinajstić information content (AvgIpc) is 3.57. The quantitative estimate of drug-likeness (QED) is 0.365. The Bertz CT molecular complexity index is 1520. The first-order chi connectivity index (χ1) is 17.0. The van der Waals surface area contributed by atoms with Crippen molar-refractivity contribution in [3.05, 3.63) is 66.6 Å². The molecule has 1 fully saturated rings. The minimum Gasteiger partial charge on any atom is -0.388 e. The van der Waals surface area contributed by atoms with E-state index in [1.807, 2.05) is 55.8 Å². The van der Waals surface area contributed by atoms with Gasteiger partial charge in [0.1, 0.15) is 0 Å². The Kier molecular flexibility index (Phi) is 5.14. The topological polar surface area (TPSA) is 114 Å². The van der Waals surface area contributed by atoms with Crippen molar-refractivity contribution < 1.29 is 9.90 Å². The first-order valence-electron chi connectivity index (χ1n) is 11.9. The molecule has 9 heteroatoms. The lowest BCUT2D eigenvalue weighted by Crippen LogP contribution is -2.47. The lowest BCUT2D eigenvalue weighted by atomic mass is 9.81. The number of carbonyl (C=O) groups is 1. The summed E-state index contributed by atoms with van der Waals surface area (Å²) in [5.41, 5.74) is 3.25. The van der Waals surface area contributed by atoms with Gasteiger partial charge in [0, 0.05) is 53.6 Å². The zero-order valence-corrected chi connectivity index (χ0v) is 19.5. The molecule has 1 aliphatic carbocycles. The van der Waals surface area contributed by atoms with E-state index in [2.05, 4.69) is 31.8 Å². The second kappa shape index (κ2) is 8.35. The van der Waals surface area contributed by atoms with Gasteiger partial charge < -0.3 is 10.4 Å². The van der Waals surface area contributed by atoms with Crippen molar-refractivity contribution in [3.63, 3.8) is 0 Å². The van der Waals surface area contributed by atoms with Crippen molar-refractivity contribution in [3.8, 4) is 11.3 Å². The van der Waals surface area contributed by atoms with Crippen LogP contribution in [0.3, 0.4) is 0 Å². The molecule has 3 aromatic heterocycles. The monoisotopic (exact) mass is 469 g/mol. The molecular weight excluding hydrogens is 442 g/mol. The smallest absolute Gasteiger partial charge is 0.251 e. The zero-order chi connectivity index (χ0) is 24.0. The number of amides is 1. The van der Waals surface area contributed by atoms with Gasteiger partial charge in [-0.05, 0) is 62.1 Å². The summed E-state index contributed by atoms with van der Waals surface area (Å²) in [6.07, 6.45) is 8.43. The summed E-state index contributed by atoms with van der Waals surface area (Å²) in [7, 11) is 1.90. The molecule has 2 atom stereocenters. The van der Waals surface area contributed by atoms with E-state index in [0.29, 0.717) is 24.9 Å². The Morgan fingerprint density at radius 3 is 3.06 bits per heavy atom. The molecule has 0 unspecified atom stereocenters. The fourth-order valence-corrected chi connectivity index (χ4v) is 5.24. The number of aryl methyl sites for hydroxylation is 1. The summed E-state index contributed by atoms with van der Waals surface area (Å²) in [4.78, 5) is 13.2. The van der Waals surface area contributed by atoms with Crippen molar-refractivity contribution in [1.82, 2.24) is 35.1 Å². The fraction of sp³-hybridized carbons (Fsp3) is 0.308. The van der Waals surface area contributed by atoms with E-state index in [1.165, 1.54) is 0 Å². The molecule has 35 heavy (non-hydrogen) atoms. The Morgan fingerprint density at radius 2 is 2.20 bits per heavy atom. The number of H-pyrrole nitrogens is 1. The van der Waals surface area contributed by atoms with E-state index >= 15 is 0 Å². The van der Waals surface area contributed by atoms with Crippen LogP contribution in [0.25, 0.3) is 33.1 Å². The van der Waals surface area contributed by atoms with Crippen LogP contribution in [0.4, 0.5) is 0 Å². The van der Waals surface area contributed by atoms with Gasteiger partial charge in [-0.15, -0.1) is 0 Å². The molecule has 178 valence electrons. The van der Waals surface area contributed by atoms with Crippen LogP contribution >= 0.6 is 0 Å². The van der Waals surface area contributed by atoms with E-state index in [-0.39, 0.29) is 11.9 Å². The van der Waals surface area contributed by atoms with E-state index in [0.717, 1.165) is 45.9 Å². The maximum atomic E-state index is 13.2. The molecule has 0 bridgehead atoms. The highest BCUT2D eigenvalue weighted by molar-refractivity contribution is 6.02. The third-order valence-electron chi connectivity index (χ3n) is 6.89. The zero-order valence-electron chi connectivity index (χ0n) is 19.5. The Hall–Kier alpha value is -3.98. The summed E-state index contributed by atoms with van der Waals surface area (Å²) in [6.45, 7) is 0.429. The van der Waals surface area contributed by atoms with E-state index < -0.39 is 5.60 Å². The highest BCUT2D eigenvalue weighted by Gasteiger charge is 2.35. The third kappa shape index (κ3) is 4.19. The first kappa shape index (κ1) is 21.5. The molecule has 0 saturated heterocycles. The Labute approximate surface area is 201 Å². The van der Waals surface area contributed by atoms with Crippen LogP contribution in [0.15, 0.2) is 61.1 Å². The van der Waals surface area contributed by atoms with Crippen molar-refractivity contribution in [2.24, 2.45) is 7.05 Å². The number of aromatic amines is 1. The third-order valence-corrected chi connectivity index (χ3v) is 6.89. The van der Waals surface area contributed by atoms with E-state index in [4.69, 9.17) is 0 Å². The number of aliphatic hydroxyl groups is 1. The van der Waals surface area contributed by atoms with Crippen LogP contribution in [0, 0.1) is 0 Å². The second-order valence-corrected chi connectivity index (χ2v) is 9.60. The number of hydrogen-bond donors (Lipinski definition) is 3. The first-order valence-corrected chi connectivity index (χ1v) is 11.9. The van der Waals surface area contributed by atoms with Gasteiger partial charge in [0.05, 0.1) is 28.9 Å². The van der Waals surface area contributed by atoms with Crippen LogP contribution in [-0.2, 0) is 13.6 Å². The Balaban J connectivity index is 1.23. The minimum atomic E-state index is -0.880. The fourth-order valence-electron chi connectivity index (χ4n) is 5.24. The molecule has 0 radical (unpaired) electrons. The largest absolute Gasteiger partial charge is 0.388 e. The average molecular weight is 470 g/mol. The Morgan fingerprint density at radius 1 is 1.29 bits per heavy atom. The van der Waals surface area contributed by atoms with Gasteiger partial charge in [-0.1, -0.05) is 6.07 Å². The maximum absolute atomic E-state index is 13.2. The van der Waals surface area contributed by atoms with Crippen LogP contribution < -0.4 is 5.32 Å². The summed E-state index contributed by atoms with van der Waals surface area (Å²) < 4.78 is 3.54. The number of aromatic nitrogens is 6. The van der Waals surface area contributed by atoms with E-state index in [1.54, 1.807) is 15.6 Å². The standard InChI is InChI=1S/C26H27N7O2/c1-32-15-19-12-17(5-7-22(19)31-32)24-21-13-18(6-8-23(21)29-30-24)25(34)28-20-4-2-9-26(35,14-20)16-33-11-3-10-27-33/h3,5-8,10-13,15,20,35H,2,4,9,14,16H2,1H3,(H,28,34)(H,29,30)/t20-,26-/m0/s1. The van der Waals surface area contributed by atoms with Crippen LogP contribution in [0.5, 0.6) is 0 Å². The SMILES string of the molecule is Cn1cc2cc(-c3n[nH]c4ccc(C(=O)N[C@H]5CCC[C@@](O)(Cn6cccn6)C5)cc34)ccc2n1. The van der Waals surface area contributed by atoms with Gasteiger partial charge in [-0.3, -0.25) is 19.3 Å². The predicted molar refractivity (Wildman–Crippen MR) is 133 cm³/mol. The number of nitrogens with one attached hydrogen (secondary N) is 2. The summed E-state index contributed by atoms with van der Waals surface area (Å²) in [6, 6.07) is 13.4. The van der Waals surface area contributed by atoms with Gasteiger partial charge in [0.15, 0.2) is 0 Å².